The third-order valence-corrected chi connectivity index (χ3v) is 6.66. The Hall–Kier alpha value is -5.19. The van der Waals surface area contributed by atoms with E-state index in [-0.39, 0.29) is 16.9 Å². The van der Waals surface area contributed by atoms with Gasteiger partial charge in [-0.2, -0.15) is 0 Å². The number of benzene rings is 3. The number of non-ortho nitro benzene ring substituents is 1. The van der Waals surface area contributed by atoms with Crippen LogP contribution in [0.5, 0.6) is 5.75 Å². The highest BCUT2D eigenvalue weighted by atomic mass is 16.6. The number of nitro benzene ring substituents is 1. The summed E-state index contributed by atoms with van der Waals surface area (Å²) in [5.74, 6) is -0.0421. The summed E-state index contributed by atoms with van der Waals surface area (Å²) in [6.07, 6.45) is 2.67. The number of nitrogens with zero attached hydrogens (tertiary/aromatic N) is 4. The molecule has 1 N–H and O–H groups in total. The molecule has 0 bridgehead atoms. The smallest absolute Gasteiger partial charge is 0.326 e. The van der Waals surface area contributed by atoms with Crippen molar-refractivity contribution in [2.24, 2.45) is 0 Å². The average Bonchev–Trinajstić information content (AvgIpc) is 3.33. The Balaban J connectivity index is 1.67. The first-order chi connectivity index (χ1) is 20.5. The second-order valence-electron chi connectivity index (χ2n) is 11.1. The number of carbonyl (C=O) groups excluding carboxylic acids is 1. The molecule has 0 atom stereocenters. The lowest BCUT2D eigenvalue weighted by Crippen LogP contribution is -2.31. The number of nitro groups is 1. The van der Waals surface area contributed by atoms with Gasteiger partial charge in [-0.15, -0.1) is 0 Å². The Kier molecular flexibility index (Phi) is 8.16. The molecule has 0 aliphatic carbocycles. The fourth-order valence-corrected chi connectivity index (χ4v) is 4.77. The first-order valence-electron chi connectivity index (χ1n) is 14.0. The van der Waals surface area contributed by atoms with Gasteiger partial charge >= 0.3 is 5.97 Å². The van der Waals surface area contributed by atoms with Crippen molar-refractivity contribution in [1.82, 2.24) is 14.2 Å². The Bertz CT molecular complexity index is 1870. The number of esters is 1. The molecule has 11 nitrogen and oxygen atoms in total. The molecule has 222 valence electrons. The number of hydrogen-bond acceptors (Lipinski definition) is 8. The first-order valence-corrected chi connectivity index (χ1v) is 14.0. The summed E-state index contributed by atoms with van der Waals surface area (Å²) in [6.45, 7) is 7.84. The summed E-state index contributed by atoms with van der Waals surface area (Å²) in [5, 5.41) is 12.2. The molecule has 11 heteroatoms. The second kappa shape index (κ2) is 12.0. The van der Waals surface area contributed by atoms with E-state index in [0.717, 1.165) is 17.5 Å². The second-order valence-corrected chi connectivity index (χ2v) is 11.1. The standard InChI is InChI=1S/C32H33N5O6/c1-5-15-33-36-18-25(24-17-23(12-14-27(24)36)42-20-21-9-7-6-8-10-21)30-31(39)35(19-29(38)43-32(2,3)4)28-16-22(37(40)41)11-13-26(28)34-30/h6-14,16-18,33H,5,15,19-20H2,1-4H3. The van der Waals surface area contributed by atoms with E-state index >= 15 is 0 Å². The van der Waals surface area contributed by atoms with Gasteiger partial charge in [-0.25, -0.2) is 4.98 Å². The minimum Gasteiger partial charge on any atom is -0.489 e. The number of rotatable bonds is 10. The SMILES string of the molecule is CCCNn1cc(-c2nc3ccc([N+](=O)[O-])cc3n(CC(=O)OC(C)(C)C)c2=O)c2cc(OCc3ccccc3)ccc21. The van der Waals surface area contributed by atoms with E-state index < -0.39 is 28.6 Å². The van der Waals surface area contributed by atoms with Crippen LogP contribution in [0.15, 0.2) is 77.7 Å². The van der Waals surface area contributed by atoms with Crippen molar-refractivity contribution in [2.45, 2.75) is 52.9 Å². The number of aromatic nitrogens is 3. The predicted molar refractivity (Wildman–Crippen MR) is 165 cm³/mol. The molecular weight excluding hydrogens is 550 g/mol. The van der Waals surface area contributed by atoms with Gasteiger partial charge in [-0.1, -0.05) is 37.3 Å². The van der Waals surface area contributed by atoms with Crippen LogP contribution >= 0.6 is 0 Å². The maximum absolute atomic E-state index is 14.1. The maximum Gasteiger partial charge on any atom is 0.326 e. The fraction of sp³-hybridized carbons (Fsp3) is 0.281. The van der Waals surface area contributed by atoms with Gasteiger partial charge in [-0.05, 0) is 57.0 Å². The van der Waals surface area contributed by atoms with E-state index in [1.54, 1.807) is 27.0 Å². The lowest BCUT2D eigenvalue weighted by molar-refractivity contribution is -0.384. The van der Waals surface area contributed by atoms with Crippen molar-refractivity contribution in [3.8, 4) is 17.0 Å². The Morgan fingerprint density at radius 2 is 1.81 bits per heavy atom. The Morgan fingerprint density at radius 1 is 1.05 bits per heavy atom. The van der Waals surface area contributed by atoms with E-state index in [2.05, 4.69) is 17.3 Å². The zero-order chi connectivity index (χ0) is 30.7. The number of fused-ring (bicyclic) bond motifs is 2. The molecule has 0 aliphatic rings. The van der Waals surface area contributed by atoms with Crippen molar-refractivity contribution in [3.63, 3.8) is 0 Å². The first kappa shape index (κ1) is 29.3. The van der Waals surface area contributed by atoms with Crippen molar-refractivity contribution in [2.75, 3.05) is 12.0 Å². The van der Waals surface area contributed by atoms with E-state index in [9.17, 15) is 19.7 Å². The highest BCUT2D eigenvalue weighted by molar-refractivity contribution is 5.97. The largest absolute Gasteiger partial charge is 0.489 e. The number of carbonyl (C=O) groups is 1. The zero-order valence-corrected chi connectivity index (χ0v) is 24.5. The van der Waals surface area contributed by atoms with Crippen LogP contribution in [0.25, 0.3) is 33.2 Å². The topological polar surface area (TPSA) is 131 Å². The van der Waals surface area contributed by atoms with Crippen molar-refractivity contribution in [1.29, 1.82) is 0 Å². The van der Waals surface area contributed by atoms with Gasteiger partial charge in [0.05, 0.1) is 21.5 Å². The third-order valence-electron chi connectivity index (χ3n) is 6.66. The van der Waals surface area contributed by atoms with Crippen LogP contribution < -0.4 is 15.7 Å². The van der Waals surface area contributed by atoms with Crippen LogP contribution in [-0.2, 0) is 22.7 Å². The van der Waals surface area contributed by atoms with Crippen LogP contribution in [0.3, 0.4) is 0 Å². The lowest BCUT2D eigenvalue weighted by atomic mass is 10.1. The predicted octanol–water partition coefficient (Wildman–Crippen LogP) is 5.80. The fourth-order valence-electron chi connectivity index (χ4n) is 4.77. The molecule has 3 aromatic carbocycles. The summed E-state index contributed by atoms with van der Waals surface area (Å²) in [5.41, 5.74) is 4.67. The van der Waals surface area contributed by atoms with E-state index in [1.807, 2.05) is 53.2 Å². The molecule has 0 aliphatic heterocycles. The van der Waals surface area contributed by atoms with E-state index in [0.29, 0.717) is 35.4 Å². The van der Waals surface area contributed by atoms with Crippen molar-refractivity contribution < 1.29 is 19.2 Å². The molecule has 2 aromatic heterocycles. The molecule has 2 heterocycles. The van der Waals surface area contributed by atoms with Crippen molar-refractivity contribution in [3.05, 3.63) is 99.0 Å². The summed E-state index contributed by atoms with van der Waals surface area (Å²) in [4.78, 5) is 42.6. The summed E-state index contributed by atoms with van der Waals surface area (Å²) >= 11 is 0. The van der Waals surface area contributed by atoms with Gasteiger partial charge in [0.15, 0.2) is 0 Å². The molecule has 0 saturated heterocycles. The number of hydrogen-bond donors (Lipinski definition) is 1. The van der Waals surface area contributed by atoms with Gasteiger partial charge in [0, 0.05) is 35.8 Å². The van der Waals surface area contributed by atoms with E-state index in [4.69, 9.17) is 9.47 Å². The molecule has 5 rings (SSSR count). The summed E-state index contributed by atoms with van der Waals surface area (Å²) < 4.78 is 14.6. The van der Waals surface area contributed by atoms with Crippen LogP contribution in [0, 0.1) is 10.1 Å². The number of ether oxygens (including phenoxy) is 2. The summed E-state index contributed by atoms with van der Waals surface area (Å²) in [7, 11) is 0. The molecule has 5 aromatic rings. The molecule has 0 radical (unpaired) electrons. The number of nitrogens with one attached hydrogen (secondary N) is 1. The van der Waals surface area contributed by atoms with Gasteiger partial charge in [0.1, 0.15) is 30.2 Å². The Labute approximate surface area is 247 Å². The van der Waals surface area contributed by atoms with Gasteiger partial charge in [-0.3, -0.25) is 28.9 Å². The lowest BCUT2D eigenvalue weighted by Gasteiger charge is -2.20. The normalized spacial score (nSPS) is 11.5. The van der Waals surface area contributed by atoms with Gasteiger partial charge < -0.3 is 14.9 Å². The molecule has 0 fully saturated rings. The minimum atomic E-state index is -0.785. The highest BCUT2D eigenvalue weighted by Gasteiger charge is 2.23. The third kappa shape index (κ3) is 6.50. The summed E-state index contributed by atoms with van der Waals surface area (Å²) in [6, 6.07) is 19.5. The molecular formula is C32H33N5O6. The van der Waals surface area contributed by atoms with Crippen LogP contribution in [0.2, 0.25) is 0 Å². The quantitative estimate of drug-likeness (QED) is 0.124. The molecule has 0 spiro atoms. The van der Waals surface area contributed by atoms with Gasteiger partial charge in [0.2, 0.25) is 0 Å². The minimum absolute atomic E-state index is 0.0900. The molecule has 0 saturated carbocycles. The van der Waals surface area contributed by atoms with Crippen LogP contribution in [-0.4, -0.2) is 37.3 Å². The Morgan fingerprint density at radius 3 is 2.51 bits per heavy atom. The van der Waals surface area contributed by atoms with Crippen molar-refractivity contribution >= 4 is 33.6 Å². The maximum atomic E-state index is 14.1. The van der Waals surface area contributed by atoms with Gasteiger partial charge in [0.25, 0.3) is 11.2 Å². The zero-order valence-electron chi connectivity index (χ0n) is 24.5. The molecule has 0 unspecified atom stereocenters. The van der Waals surface area contributed by atoms with Crippen LogP contribution in [0.4, 0.5) is 5.69 Å². The van der Waals surface area contributed by atoms with E-state index in [1.165, 1.54) is 22.8 Å². The molecule has 43 heavy (non-hydrogen) atoms. The van der Waals surface area contributed by atoms with Crippen LogP contribution in [0.1, 0.15) is 39.7 Å². The molecule has 0 amide bonds. The highest BCUT2D eigenvalue weighted by Crippen LogP contribution is 2.32. The monoisotopic (exact) mass is 583 g/mol. The average molecular weight is 584 g/mol.